The van der Waals surface area contributed by atoms with Crippen molar-refractivity contribution in [2.75, 3.05) is 0 Å². The Morgan fingerprint density at radius 2 is 0.852 bits per heavy atom. The Kier molecular flexibility index (Phi) is 8.27. The lowest BCUT2D eigenvalue weighted by Crippen LogP contribution is -2.04. The molecule has 0 N–H and O–H groups in total. The molecule has 9 aromatic carbocycles. The molecule has 0 spiro atoms. The molecular weight excluding hydrogens is 741 g/mol. The molecule has 0 amide bonds. The molecule has 4 heteroatoms. The van der Waals surface area contributed by atoms with Crippen molar-refractivity contribution < 1.29 is 0 Å². The van der Waals surface area contributed by atoms with Crippen LogP contribution >= 0.6 is 0 Å². The number of allylic oxidation sites excluding steroid dienone is 4. The molecule has 286 valence electrons. The average molecular weight is 779 g/mol. The smallest absolute Gasteiger partial charge is 0.166 e. The van der Waals surface area contributed by atoms with Crippen LogP contribution in [0.2, 0.25) is 0 Å². The molecule has 0 atom stereocenters. The number of para-hydroxylation sites is 1. The van der Waals surface area contributed by atoms with Gasteiger partial charge in [-0.3, -0.25) is 0 Å². The number of hydrogen-bond acceptors (Lipinski definition) is 3. The molecule has 1 aliphatic carbocycles. The molecule has 0 bridgehead atoms. The van der Waals surface area contributed by atoms with Gasteiger partial charge in [0.05, 0.1) is 16.7 Å². The molecule has 0 saturated carbocycles. The lowest BCUT2D eigenvalue weighted by Gasteiger charge is -2.19. The summed E-state index contributed by atoms with van der Waals surface area (Å²) in [6.07, 6.45) is 8.80. The molecule has 0 fully saturated rings. The fourth-order valence-electron chi connectivity index (χ4n) is 9.46. The highest BCUT2D eigenvalue weighted by Crippen LogP contribution is 2.45. The lowest BCUT2D eigenvalue weighted by molar-refractivity contribution is 1.05. The molecular formula is C57H38N4. The topological polar surface area (TPSA) is 43.6 Å². The van der Waals surface area contributed by atoms with Crippen molar-refractivity contribution >= 4 is 59.7 Å². The van der Waals surface area contributed by atoms with Gasteiger partial charge in [-0.15, -0.1) is 0 Å². The fraction of sp³-hybridized carbons (Fsp3) is 0.0351. The van der Waals surface area contributed by atoms with Crippen LogP contribution in [0.15, 0.2) is 206 Å². The van der Waals surface area contributed by atoms with E-state index in [-0.39, 0.29) is 0 Å². The van der Waals surface area contributed by atoms with Gasteiger partial charge in [-0.05, 0) is 97.8 Å². The molecule has 11 aromatic rings. The third-order valence-electron chi connectivity index (χ3n) is 12.3. The summed E-state index contributed by atoms with van der Waals surface area (Å²) >= 11 is 0. The minimum atomic E-state index is 0.617. The molecule has 2 heterocycles. The molecule has 61 heavy (non-hydrogen) atoms. The van der Waals surface area contributed by atoms with Gasteiger partial charge in [-0.25, -0.2) is 15.0 Å². The van der Waals surface area contributed by atoms with Crippen LogP contribution in [0.5, 0.6) is 0 Å². The summed E-state index contributed by atoms with van der Waals surface area (Å²) in [6, 6.07) is 67.3. The van der Waals surface area contributed by atoms with Crippen LogP contribution < -0.4 is 0 Å². The summed E-state index contributed by atoms with van der Waals surface area (Å²) in [5.74, 6) is 1.88. The van der Waals surface area contributed by atoms with E-state index in [0.717, 1.165) is 51.6 Å². The highest BCUT2D eigenvalue weighted by atomic mass is 15.1. The summed E-state index contributed by atoms with van der Waals surface area (Å²) in [5.41, 5.74) is 11.1. The molecule has 1 aliphatic rings. The Morgan fingerprint density at radius 3 is 1.44 bits per heavy atom. The maximum absolute atomic E-state index is 5.37. The zero-order valence-electron chi connectivity index (χ0n) is 33.3. The molecule has 0 unspecified atom stereocenters. The van der Waals surface area contributed by atoms with Gasteiger partial charge >= 0.3 is 0 Å². The number of rotatable bonds is 6. The normalized spacial score (nSPS) is 12.8. The van der Waals surface area contributed by atoms with Gasteiger partial charge in [0.2, 0.25) is 0 Å². The van der Waals surface area contributed by atoms with E-state index in [0.29, 0.717) is 17.5 Å². The first-order valence-electron chi connectivity index (χ1n) is 21.0. The third-order valence-corrected chi connectivity index (χ3v) is 12.3. The van der Waals surface area contributed by atoms with Gasteiger partial charge in [0.1, 0.15) is 0 Å². The molecule has 0 radical (unpaired) electrons. The lowest BCUT2D eigenvalue weighted by atomic mass is 9.89. The minimum absolute atomic E-state index is 0.617. The summed E-state index contributed by atoms with van der Waals surface area (Å²) in [5, 5.41) is 9.59. The first-order chi connectivity index (χ1) is 30.3. The van der Waals surface area contributed by atoms with E-state index in [9.17, 15) is 0 Å². The van der Waals surface area contributed by atoms with Crippen molar-refractivity contribution in [2.24, 2.45) is 0 Å². The quantitative estimate of drug-likeness (QED) is 0.158. The molecule has 4 nitrogen and oxygen atoms in total. The fourth-order valence-corrected chi connectivity index (χ4v) is 9.46. The second kappa shape index (κ2) is 14.4. The summed E-state index contributed by atoms with van der Waals surface area (Å²) in [6.45, 7) is 0. The molecule has 2 aromatic heterocycles. The molecule has 0 saturated heterocycles. The van der Waals surface area contributed by atoms with E-state index in [1.165, 1.54) is 60.0 Å². The van der Waals surface area contributed by atoms with E-state index < -0.39 is 0 Å². The largest absolute Gasteiger partial charge is 0.308 e. The number of nitrogens with zero attached hydrogens (tertiary/aromatic N) is 4. The highest BCUT2D eigenvalue weighted by molar-refractivity contribution is 6.26. The Balaban J connectivity index is 1.25. The van der Waals surface area contributed by atoms with Gasteiger partial charge < -0.3 is 4.57 Å². The maximum Gasteiger partial charge on any atom is 0.166 e. The predicted octanol–water partition coefficient (Wildman–Crippen LogP) is 14.8. The number of aromatic nitrogens is 4. The van der Waals surface area contributed by atoms with Crippen LogP contribution in [-0.2, 0) is 0 Å². The van der Waals surface area contributed by atoms with Crippen molar-refractivity contribution in [3.05, 3.63) is 212 Å². The number of hydrogen-bond donors (Lipinski definition) is 0. The van der Waals surface area contributed by atoms with Crippen molar-refractivity contribution in [3.8, 4) is 51.0 Å². The second-order valence-electron chi connectivity index (χ2n) is 15.8. The number of benzene rings is 9. The monoisotopic (exact) mass is 778 g/mol. The van der Waals surface area contributed by atoms with Crippen molar-refractivity contribution in [1.29, 1.82) is 0 Å². The maximum atomic E-state index is 5.37. The van der Waals surface area contributed by atoms with Crippen LogP contribution in [0.3, 0.4) is 0 Å². The highest BCUT2D eigenvalue weighted by Gasteiger charge is 2.24. The summed E-state index contributed by atoms with van der Waals surface area (Å²) in [7, 11) is 0. The van der Waals surface area contributed by atoms with Gasteiger partial charge in [0.25, 0.3) is 0 Å². The minimum Gasteiger partial charge on any atom is -0.308 e. The van der Waals surface area contributed by atoms with Crippen LogP contribution in [0.25, 0.3) is 111 Å². The van der Waals surface area contributed by atoms with Crippen molar-refractivity contribution in [3.63, 3.8) is 0 Å². The van der Waals surface area contributed by atoms with Crippen LogP contribution in [0, 0.1) is 0 Å². The van der Waals surface area contributed by atoms with Crippen LogP contribution in [0.1, 0.15) is 18.4 Å². The van der Waals surface area contributed by atoms with Crippen LogP contribution in [-0.4, -0.2) is 19.5 Å². The Bertz CT molecular complexity index is 3510. The zero-order valence-corrected chi connectivity index (χ0v) is 33.3. The van der Waals surface area contributed by atoms with Crippen molar-refractivity contribution in [2.45, 2.75) is 12.8 Å². The molecule has 0 aliphatic heterocycles. The zero-order chi connectivity index (χ0) is 40.3. The van der Waals surface area contributed by atoms with Gasteiger partial charge in [-0.2, -0.15) is 0 Å². The summed E-state index contributed by atoms with van der Waals surface area (Å²) in [4.78, 5) is 15.8. The van der Waals surface area contributed by atoms with E-state index in [1.807, 2.05) is 36.4 Å². The van der Waals surface area contributed by atoms with Gasteiger partial charge in [0, 0.05) is 27.5 Å². The third kappa shape index (κ3) is 5.87. The van der Waals surface area contributed by atoms with Crippen LogP contribution in [0.4, 0.5) is 0 Å². The summed E-state index contributed by atoms with van der Waals surface area (Å²) < 4.78 is 2.46. The van der Waals surface area contributed by atoms with E-state index in [4.69, 9.17) is 15.0 Å². The van der Waals surface area contributed by atoms with Crippen molar-refractivity contribution in [1.82, 2.24) is 19.5 Å². The Hall–Kier alpha value is -7.95. The average Bonchev–Trinajstić information content (AvgIpc) is 3.67. The first-order valence-corrected chi connectivity index (χ1v) is 21.0. The standard InChI is InChI=1S/C57H38N4/c1-5-19-37(20-6-1)46-33-50-45-31-17-18-32-52(45)61(53(50)35-47(46)38-21-7-2-8-22-38)54-36-49-44-30-16-14-28-42(44)41-27-13-15-29-43(41)48(49)34-51(54)57-59-55(39-23-9-3-10-24-39)58-56(60-57)40-25-11-4-12-26-40/h1-5,7-19,21-36H,6,20H2. The molecule has 12 rings (SSSR count). The van der Waals surface area contributed by atoms with E-state index in [2.05, 4.69) is 174 Å². The SMILES string of the molecule is C1=CCCC(c2cc3c4ccccc4n(-c4cc5c6ccccc6c6ccccc6c5cc4-c4nc(-c5ccccc5)nc(-c5ccccc5)n4)c3cc2-c2ccccc2)=C1. The second-order valence-corrected chi connectivity index (χ2v) is 15.8. The Labute approximate surface area is 353 Å². The predicted molar refractivity (Wildman–Crippen MR) is 255 cm³/mol. The first kappa shape index (κ1) is 35.0. The van der Waals surface area contributed by atoms with E-state index >= 15 is 0 Å². The Morgan fingerprint density at radius 1 is 0.361 bits per heavy atom. The number of fused-ring (bicyclic) bond motifs is 9. The van der Waals surface area contributed by atoms with E-state index in [1.54, 1.807) is 0 Å². The van der Waals surface area contributed by atoms with Gasteiger partial charge in [-0.1, -0.05) is 176 Å². The van der Waals surface area contributed by atoms with Gasteiger partial charge in [0.15, 0.2) is 17.5 Å².